The van der Waals surface area contributed by atoms with Crippen LogP contribution in [0.3, 0.4) is 0 Å². The molecule has 0 heterocycles. The Balaban J connectivity index is 1.64. The van der Waals surface area contributed by atoms with Gasteiger partial charge in [-0.05, 0) is 61.9 Å². The molecule has 4 aliphatic carbocycles. The monoisotopic (exact) mass is 291 g/mol. The zero-order valence-corrected chi connectivity index (χ0v) is 13.2. The van der Waals surface area contributed by atoms with E-state index in [1.165, 1.54) is 32.1 Å². The van der Waals surface area contributed by atoms with Gasteiger partial charge < -0.3 is 15.2 Å². The number of ether oxygens (including phenoxy) is 1. The highest BCUT2D eigenvalue weighted by atomic mass is 16.5. The average Bonchev–Trinajstić information content (AvgIpc) is 2.48. The van der Waals surface area contributed by atoms with Gasteiger partial charge in [-0.3, -0.25) is 0 Å². The highest BCUT2D eigenvalue weighted by molar-refractivity contribution is 5.11. The Labute approximate surface area is 128 Å². The van der Waals surface area contributed by atoms with Gasteiger partial charge in [0.15, 0.2) is 0 Å². The van der Waals surface area contributed by atoms with Crippen LogP contribution in [0.25, 0.3) is 0 Å². The molecular formula is C18H29NO2. The molecule has 0 aromatic rings. The summed E-state index contributed by atoms with van der Waals surface area (Å²) in [5, 5.41) is 13.9. The van der Waals surface area contributed by atoms with Crippen molar-refractivity contribution in [2.24, 2.45) is 23.7 Å². The number of hydrogen-bond acceptors (Lipinski definition) is 3. The highest BCUT2D eigenvalue weighted by Gasteiger charge is 2.56. The molecule has 21 heavy (non-hydrogen) atoms. The third-order valence-electron chi connectivity index (χ3n) is 6.25. The Kier molecular flexibility index (Phi) is 4.41. The largest absolute Gasteiger partial charge is 0.501 e. The van der Waals surface area contributed by atoms with Gasteiger partial charge in [-0.25, -0.2) is 0 Å². The molecule has 0 unspecified atom stereocenters. The molecule has 0 aliphatic heterocycles. The molecule has 0 aromatic heterocycles. The van der Waals surface area contributed by atoms with Crippen molar-refractivity contribution in [3.05, 3.63) is 24.5 Å². The van der Waals surface area contributed by atoms with Crippen molar-refractivity contribution in [3.8, 4) is 0 Å². The van der Waals surface area contributed by atoms with Crippen LogP contribution in [-0.4, -0.2) is 30.9 Å². The number of aliphatic hydroxyl groups is 1. The van der Waals surface area contributed by atoms with Gasteiger partial charge in [-0.2, -0.15) is 0 Å². The molecule has 4 fully saturated rings. The fraction of sp³-hybridized carbons (Fsp3) is 0.778. The highest BCUT2D eigenvalue weighted by Crippen LogP contribution is 2.58. The summed E-state index contributed by atoms with van der Waals surface area (Å²) in [6, 6.07) is 0. The van der Waals surface area contributed by atoms with E-state index in [-0.39, 0.29) is 12.1 Å². The minimum absolute atomic E-state index is 0.0273. The summed E-state index contributed by atoms with van der Waals surface area (Å²) in [4.78, 5) is 0. The van der Waals surface area contributed by atoms with Crippen LogP contribution in [0.2, 0.25) is 0 Å². The first-order valence-corrected chi connectivity index (χ1v) is 8.43. The Morgan fingerprint density at radius 2 is 1.86 bits per heavy atom. The van der Waals surface area contributed by atoms with Crippen LogP contribution in [0.5, 0.6) is 0 Å². The molecule has 2 N–H and O–H groups in total. The minimum Gasteiger partial charge on any atom is -0.501 e. The van der Waals surface area contributed by atoms with E-state index >= 15 is 0 Å². The lowest BCUT2D eigenvalue weighted by Crippen LogP contribution is -2.67. The number of nitrogens with one attached hydrogen (secondary N) is 1. The van der Waals surface area contributed by atoms with Crippen molar-refractivity contribution in [1.82, 2.24) is 5.32 Å². The first-order valence-electron chi connectivity index (χ1n) is 8.43. The van der Waals surface area contributed by atoms with Crippen molar-refractivity contribution in [2.45, 2.75) is 44.1 Å². The standard InChI is InChI=1S/C18H29NO2/c1-3-4-17(21-2)5-6-19-18(12-20)15-8-13-7-14(10-15)11-16(18)9-13/h3-4,13-16,19-20H,1,5-12H2,2H3/b17-4+. The van der Waals surface area contributed by atoms with Gasteiger partial charge >= 0.3 is 0 Å². The van der Waals surface area contributed by atoms with Crippen LogP contribution in [0.4, 0.5) is 0 Å². The molecule has 0 amide bonds. The molecule has 0 atom stereocenters. The summed E-state index contributed by atoms with van der Waals surface area (Å²) in [5.74, 6) is 4.17. The summed E-state index contributed by atoms with van der Waals surface area (Å²) in [6.07, 6.45) is 11.3. The normalized spacial score (nSPS) is 41.3. The maximum Gasteiger partial charge on any atom is 0.0967 e. The molecular weight excluding hydrogens is 262 g/mol. The van der Waals surface area contributed by atoms with E-state index in [1.807, 2.05) is 6.08 Å². The molecule has 0 spiro atoms. The molecule has 4 aliphatic rings. The summed E-state index contributed by atoms with van der Waals surface area (Å²) in [5.41, 5.74) is -0.0273. The van der Waals surface area contributed by atoms with Crippen molar-refractivity contribution in [1.29, 1.82) is 0 Å². The van der Waals surface area contributed by atoms with Crippen LogP contribution in [-0.2, 0) is 4.74 Å². The van der Waals surface area contributed by atoms with E-state index < -0.39 is 0 Å². The molecule has 4 saturated carbocycles. The Hall–Kier alpha value is -0.800. The lowest BCUT2D eigenvalue weighted by atomic mass is 9.48. The van der Waals surface area contributed by atoms with Crippen molar-refractivity contribution in [2.75, 3.05) is 20.3 Å². The minimum atomic E-state index is -0.0273. The molecule has 118 valence electrons. The van der Waals surface area contributed by atoms with Gasteiger partial charge in [0, 0.05) is 18.5 Å². The SMILES string of the molecule is C=C/C=C(\CCNC1(CO)C2CC3CC(C2)CC1C3)OC. The molecule has 4 rings (SSSR count). The first kappa shape index (κ1) is 15.1. The molecule has 3 nitrogen and oxygen atoms in total. The summed E-state index contributed by atoms with van der Waals surface area (Å²) < 4.78 is 5.35. The Morgan fingerprint density at radius 3 is 2.33 bits per heavy atom. The lowest BCUT2D eigenvalue weighted by Gasteiger charge is -2.61. The molecule has 0 radical (unpaired) electrons. The number of aliphatic hydroxyl groups excluding tert-OH is 1. The van der Waals surface area contributed by atoms with Gasteiger partial charge in [-0.1, -0.05) is 12.7 Å². The Bertz CT molecular complexity index is 387. The topological polar surface area (TPSA) is 41.5 Å². The van der Waals surface area contributed by atoms with Crippen molar-refractivity contribution < 1.29 is 9.84 Å². The summed E-state index contributed by atoms with van der Waals surface area (Å²) >= 11 is 0. The lowest BCUT2D eigenvalue weighted by molar-refractivity contribution is -0.0950. The summed E-state index contributed by atoms with van der Waals surface area (Å²) in [7, 11) is 1.71. The van der Waals surface area contributed by atoms with Gasteiger partial charge in [0.05, 0.1) is 19.5 Å². The van der Waals surface area contributed by atoms with E-state index in [2.05, 4.69) is 11.9 Å². The molecule has 0 aromatic carbocycles. The number of allylic oxidation sites excluding steroid dienone is 2. The molecule has 0 saturated heterocycles. The van der Waals surface area contributed by atoms with Gasteiger partial charge in [0.2, 0.25) is 0 Å². The second kappa shape index (κ2) is 6.13. The van der Waals surface area contributed by atoms with Gasteiger partial charge in [-0.15, -0.1) is 0 Å². The van der Waals surface area contributed by atoms with Crippen molar-refractivity contribution in [3.63, 3.8) is 0 Å². The van der Waals surface area contributed by atoms with E-state index in [9.17, 15) is 5.11 Å². The van der Waals surface area contributed by atoms with Crippen LogP contribution >= 0.6 is 0 Å². The molecule has 4 bridgehead atoms. The predicted octanol–water partition coefficient (Wildman–Crippen LogP) is 2.87. The zero-order valence-electron chi connectivity index (χ0n) is 13.2. The maximum atomic E-state index is 10.1. The van der Waals surface area contributed by atoms with Crippen LogP contribution in [0.15, 0.2) is 24.5 Å². The first-order chi connectivity index (χ1) is 10.2. The van der Waals surface area contributed by atoms with Gasteiger partial charge in [0.25, 0.3) is 0 Å². The van der Waals surface area contributed by atoms with E-state index in [0.29, 0.717) is 11.8 Å². The third kappa shape index (κ3) is 2.66. The fourth-order valence-corrected chi connectivity index (χ4v) is 5.43. The summed E-state index contributed by atoms with van der Waals surface area (Å²) in [6.45, 7) is 4.88. The number of hydrogen-bond donors (Lipinski definition) is 2. The van der Waals surface area contributed by atoms with Crippen LogP contribution < -0.4 is 5.32 Å². The van der Waals surface area contributed by atoms with Crippen LogP contribution in [0.1, 0.15) is 38.5 Å². The maximum absolute atomic E-state index is 10.1. The Morgan fingerprint density at radius 1 is 1.24 bits per heavy atom. The predicted molar refractivity (Wildman–Crippen MR) is 84.8 cm³/mol. The van der Waals surface area contributed by atoms with E-state index in [4.69, 9.17) is 4.74 Å². The average molecular weight is 291 g/mol. The number of rotatable bonds is 7. The third-order valence-corrected chi connectivity index (χ3v) is 6.25. The quantitative estimate of drug-likeness (QED) is 0.560. The van der Waals surface area contributed by atoms with E-state index in [0.717, 1.165) is 30.6 Å². The van der Waals surface area contributed by atoms with Crippen LogP contribution in [0, 0.1) is 23.7 Å². The number of methoxy groups -OCH3 is 1. The second-order valence-corrected chi connectivity index (χ2v) is 7.25. The smallest absolute Gasteiger partial charge is 0.0967 e. The molecule has 3 heteroatoms. The van der Waals surface area contributed by atoms with Gasteiger partial charge in [0.1, 0.15) is 0 Å². The zero-order chi connectivity index (χ0) is 14.9. The van der Waals surface area contributed by atoms with Crippen molar-refractivity contribution >= 4 is 0 Å². The fourth-order valence-electron chi connectivity index (χ4n) is 5.43. The van der Waals surface area contributed by atoms with E-state index in [1.54, 1.807) is 13.2 Å². The second-order valence-electron chi connectivity index (χ2n) is 7.25.